The maximum Gasteiger partial charge on any atom is 0.262 e. The van der Waals surface area contributed by atoms with Crippen LogP contribution in [0.3, 0.4) is 0 Å². The number of hydrogen-bond donors (Lipinski definition) is 2. The molecule has 2 N–H and O–H groups in total. The zero-order chi connectivity index (χ0) is 16.5. The van der Waals surface area contributed by atoms with Gasteiger partial charge in [-0.25, -0.2) is 0 Å². The molecule has 1 atom stereocenters. The Morgan fingerprint density at radius 3 is 3.00 bits per heavy atom. The molecule has 2 aromatic carbocycles. The zero-order valence-electron chi connectivity index (χ0n) is 13.2. The molecule has 0 saturated heterocycles. The van der Waals surface area contributed by atoms with Crippen LogP contribution in [0.15, 0.2) is 42.5 Å². The van der Waals surface area contributed by atoms with Crippen LogP contribution in [0.25, 0.3) is 0 Å². The predicted octanol–water partition coefficient (Wildman–Crippen LogP) is 2.82. The smallest absolute Gasteiger partial charge is 0.262 e. The van der Waals surface area contributed by atoms with Crippen LogP contribution in [-0.4, -0.2) is 18.4 Å². The molecule has 0 aromatic heterocycles. The summed E-state index contributed by atoms with van der Waals surface area (Å²) >= 11 is 0. The van der Waals surface area contributed by atoms with Crippen LogP contribution in [0.5, 0.6) is 5.75 Å². The first-order chi connectivity index (χ1) is 11.7. The second-order valence-corrected chi connectivity index (χ2v) is 6.16. The fourth-order valence-electron chi connectivity index (χ4n) is 3.36. The van der Waals surface area contributed by atoms with Gasteiger partial charge in [-0.2, -0.15) is 0 Å². The van der Waals surface area contributed by atoms with Crippen LogP contribution >= 0.6 is 0 Å². The van der Waals surface area contributed by atoms with Gasteiger partial charge in [-0.1, -0.05) is 24.3 Å². The summed E-state index contributed by atoms with van der Waals surface area (Å²) < 4.78 is 5.38. The van der Waals surface area contributed by atoms with Gasteiger partial charge in [-0.15, -0.1) is 0 Å². The second kappa shape index (κ2) is 6.00. The molecule has 0 radical (unpaired) electrons. The van der Waals surface area contributed by atoms with Gasteiger partial charge in [0.05, 0.1) is 11.7 Å². The van der Waals surface area contributed by atoms with Crippen molar-refractivity contribution in [3.05, 3.63) is 59.2 Å². The lowest BCUT2D eigenvalue weighted by Crippen LogP contribution is -2.31. The van der Waals surface area contributed by atoms with E-state index in [9.17, 15) is 9.59 Å². The molecule has 2 amide bonds. The summed E-state index contributed by atoms with van der Waals surface area (Å²) in [6, 6.07) is 13.4. The summed E-state index contributed by atoms with van der Waals surface area (Å²) in [6.45, 7) is -0.0198. The largest absolute Gasteiger partial charge is 0.482 e. The molecule has 0 unspecified atom stereocenters. The van der Waals surface area contributed by atoms with E-state index in [0.29, 0.717) is 17.0 Å². The molecular formula is C19H18N2O3. The van der Waals surface area contributed by atoms with Gasteiger partial charge in [0.2, 0.25) is 0 Å². The van der Waals surface area contributed by atoms with Crippen molar-refractivity contribution in [3.63, 3.8) is 0 Å². The first-order valence-electron chi connectivity index (χ1n) is 8.16. The van der Waals surface area contributed by atoms with Gasteiger partial charge < -0.3 is 15.4 Å². The summed E-state index contributed by atoms with van der Waals surface area (Å²) in [5, 5.41) is 5.85. The number of aryl methyl sites for hydroxylation is 1. The molecular weight excluding hydrogens is 304 g/mol. The lowest BCUT2D eigenvalue weighted by Gasteiger charge is -2.26. The van der Waals surface area contributed by atoms with Crippen LogP contribution in [0.4, 0.5) is 5.69 Å². The lowest BCUT2D eigenvalue weighted by atomic mass is 9.87. The molecule has 1 heterocycles. The molecule has 2 aromatic rings. The van der Waals surface area contributed by atoms with Crippen molar-refractivity contribution in [1.29, 1.82) is 0 Å². The molecule has 1 aliphatic heterocycles. The minimum Gasteiger partial charge on any atom is -0.482 e. The predicted molar refractivity (Wildman–Crippen MR) is 90.2 cm³/mol. The number of amides is 2. The van der Waals surface area contributed by atoms with Crippen molar-refractivity contribution >= 4 is 17.5 Å². The number of benzene rings is 2. The topological polar surface area (TPSA) is 67.4 Å². The molecule has 5 heteroatoms. The van der Waals surface area contributed by atoms with E-state index < -0.39 is 0 Å². The number of nitrogens with one attached hydrogen (secondary N) is 2. The van der Waals surface area contributed by atoms with E-state index in [4.69, 9.17) is 4.74 Å². The summed E-state index contributed by atoms with van der Waals surface area (Å²) in [4.78, 5) is 23.9. The van der Waals surface area contributed by atoms with E-state index in [1.807, 2.05) is 12.1 Å². The average Bonchev–Trinajstić information content (AvgIpc) is 2.61. The van der Waals surface area contributed by atoms with Gasteiger partial charge in [-0.05, 0) is 48.6 Å². The summed E-state index contributed by atoms with van der Waals surface area (Å²) in [5.41, 5.74) is 3.66. The molecule has 0 bridgehead atoms. The maximum absolute atomic E-state index is 12.6. The molecule has 2 aliphatic rings. The van der Waals surface area contributed by atoms with Gasteiger partial charge in [0.15, 0.2) is 6.61 Å². The highest BCUT2D eigenvalue weighted by Crippen LogP contribution is 2.31. The molecule has 0 fully saturated rings. The quantitative estimate of drug-likeness (QED) is 0.893. The number of rotatable bonds is 2. The van der Waals surface area contributed by atoms with Crippen molar-refractivity contribution in [3.8, 4) is 5.75 Å². The Kier molecular flexibility index (Phi) is 3.69. The van der Waals surface area contributed by atoms with E-state index in [1.165, 1.54) is 11.1 Å². The Labute approximate surface area is 140 Å². The van der Waals surface area contributed by atoms with Crippen LogP contribution < -0.4 is 15.4 Å². The number of carbonyl (C=O) groups is 2. The third-order valence-corrected chi connectivity index (χ3v) is 4.55. The van der Waals surface area contributed by atoms with Crippen molar-refractivity contribution in [2.45, 2.75) is 25.3 Å². The summed E-state index contributed by atoms with van der Waals surface area (Å²) in [6.07, 6.45) is 3.08. The molecule has 122 valence electrons. The normalized spacial score (nSPS) is 18.7. The van der Waals surface area contributed by atoms with Crippen LogP contribution in [0, 0.1) is 0 Å². The van der Waals surface area contributed by atoms with Gasteiger partial charge in [0.25, 0.3) is 11.8 Å². The number of carbonyl (C=O) groups excluding carboxylic acids is 2. The summed E-state index contributed by atoms with van der Waals surface area (Å²) in [5.74, 6) is 0.227. The first-order valence-corrected chi connectivity index (χ1v) is 8.16. The van der Waals surface area contributed by atoms with Crippen molar-refractivity contribution in [2.24, 2.45) is 0 Å². The molecule has 24 heavy (non-hydrogen) atoms. The average molecular weight is 322 g/mol. The van der Waals surface area contributed by atoms with E-state index in [-0.39, 0.29) is 24.5 Å². The Morgan fingerprint density at radius 2 is 2.08 bits per heavy atom. The standard InChI is InChI=1S/C19H18N2O3/c22-18-11-24-17-10-13(8-9-16(17)20-18)19(23)21-15-7-3-5-12-4-1-2-6-14(12)15/h1-2,4,6,8-10,15H,3,5,7,11H2,(H,20,22)(H,21,23)/t15-/m0/s1. The Hall–Kier alpha value is -2.82. The van der Waals surface area contributed by atoms with Crippen molar-refractivity contribution < 1.29 is 14.3 Å². The number of ether oxygens (including phenoxy) is 1. The highest BCUT2D eigenvalue weighted by Gasteiger charge is 2.23. The third kappa shape index (κ3) is 2.73. The molecule has 0 spiro atoms. The fraction of sp³-hybridized carbons (Fsp3) is 0.263. The van der Waals surface area contributed by atoms with E-state index in [0.717, 1.165) is 19.3 Å². The maximum atomic E-state index is 12.6. The van der Waals surface area contributed by atoms with E-state index in [1.54, 1.807) is 18.2 Å². The minimum atomic E-state index is -0.182. The highest BCUT2D eigenvalue weighted by molar-refractivity contribution is 5.99. The Balaban J connectivity index is 1.54. The first kappa shape index (κ1) is 14.8. The van der Waals surface area contributed by atoms with Crippen LogP contribution in [0.1, 0.15) is 40.4 Å². The van der Waals surface area contributed by atoms with Gasteiger partial charge >= 0.3 is 0 Å². The van der Waals surface area contributed by atoms with Gasteiger partial charge in [0, 0.05) is 5.56 Å². The van der Waals surface area contributed by atoms with Crippen molar-refractivity contribution in [1.82, 2.24) is 5.32 Å². The van der Waals surface area contributed by atoms with E-state index >= 15 is 0 Å². The monoisotopic (exact) mass is 322 g/mol. The number of fused-ring (bicyclic) bond motifs is 2. The molecule has 4 rings (SSSR count). The second-order valence-electron chi connectivity index (χ2n) is 6.16. The zero-order valence-corrected chi connectivity index (χ0v) is 13.2. The Bertz CT molecular complexity index is 816. The van der Waals surface area contributed by atoms with Gasteiger partial charge in [-0.3, -0.25) is 9.59 Å². The Morgan fingerprint density at radius 1 is 1.21 bits per heavy atom. The molecule has 5 nitrogen and oxygen atoms in total. The fourth-order valence-corrected chi connectivity index (χ4v) is 3.36. The molecule has 0 saturated carbocycles. The summed E-state index contributed by atoms with van der Waals surface area (Å²) in [7, 11) is 0. The lowest BCUT2D eigenvalue weighted by molar-refractivity contribution is -0.118. The molecule has 1 aliphatic carbocycles. The van der Waals surface area contributed by atoms with Gasteiger partial charge in [0.1, 0.15) is 5.75 Å². The number of hydrogen-bond acceptors (Lipinski definition) is 3. The van der Waals surface area contributed by atoms with Crippen molar-refractivity contribution in [2.75, 3.05) is 11.9 Å². The minimum absolute atomic E-state index is 0.0198. The SMILES string of the molecule is O=C1COc2cc(C(=O)N[C@H]3CCCc4ccccc43)ccc2N1. The van der Waals surface area contributed by atoms with Crippen LogP contribution in [-0.2, 0) is 11.2 Å². The highest BCUT2D eigenvalue weighted by atomic mass is 16.5. The third-order valence-electron chi connectivity index (χ3n) is 4.55. The van der Waals surface area contributed by atoms with E-state index in [2.05, 4.69) is 22.8 Å². The number of anilines is 1. The van der Waals surface area contributed by atoms with Crippen LogP contribution in [0.2, 0.25) is 0 Å².